The summed E-state index contributed by atoms with van der Waals surface area (Å²) in [6.45, 7) is 3.19. The number of nitrogens with zero attached hydrogens (tertiary/aromatic N) is 2. The van der Waals surface area contributed by atoms with Crippen LogP contribution < -0.4 is 0 Å². The van der Waals surface area contributed by atoms with Crippen LogP contribution in [-0.4, -0.2) is 9.55 Å². The number of alkyl halides is 1. The molecule has 17 heavy (non-hydrogen) atoms. The topological polar surface area (TPSA) is 17.8 Å². The highest BCUT2D eigenvalue weighted by molar-refractivity contribution is 6.16. The molecule has 90 valence electrons. The van der Waals surface area contributed by atoms with Gasteiger partial charge in [-0.25, -0.2) is 9.37 Å². The summed E-state index contributed by atoms with van der Waals surface area (Å²) < 4.78 is 15.3. The summed E-state index contributed by atoms with van der Waals surface area (Å²) in [7, 11) is 0. The molecule has 1 aliphatic carbocycles. The average Bonchev–Trinajstić information content (AvgIpc) is 2.92. The summed E-state index contributed by atoms with van der Waals surface area (Å²) in [6, 6.07) is 4.74. The predicted molar refractivity (Wildman–Crippen MR) is 66.6 cm³/mol. The van der Waals surface area contributed by atoms with Gasteiger partial charge in [-0.05, 0) is 30.4 Å². The monoisotopic (exact) mass is 252 g/mol. The Morgan fingerprint density at radius 3 is 2.88 bits per heavy atom. The lowest BCUT2D eigenvalue weighted by molar-refractivity contribution is 0.465. The zero-order chi connectivity index (χ0) is 12.0. The molecule has 4 heteroatoms. The minimum Gasteiger partial charge on any atom is -0.326 e. The van der Waals surface area contributed by atoms with Crippen LogP contribution in [0.5, 0.6) is 0 Å². The lowest BCUT2D eigenvalue weighted by Crippen LogP contribution is -2.10. The van der Waals surface area contributed by atoms with E-state index < -0.39 is 0 Å². The fourth-order valence-electron chi connectivity index (χ4n) is 2.18. The highest BCUT2D eigenvalue weighted by atomic mass is 35.5. The van der Waals surface area contributed by atoms with E-state index in [4.69, 9.17) is 11.6 Å². The van der Waals surface area contributed by atoms with Gasteiger partial charge in [0.15, 0.2) is 0 Å². The molecule has 1 aliphatic rings. The molecule has 2 aromatic rings. The molecule has 0 aliphatic heterocycles. The SMILES string of the molecule is CC1(Cn2c(CCl)nc3cc(F)ccc32)CC1. The van der Waals surface area contributed by atoms with Crippen molar-refractivity contribution < 1.29 is 4.39 Å². The summed E-state index contributed by atoms with van der Waals surface area (Å²) in [6.07, 6.45) is 2.49. The van der Waals surface area contributed by atoms with E-state index in [1.807, 2.05) is 0 Å². The van der Waals surface area contributed by atoms with Crippen LogP contribution in [0.2, 0.25) is 0 Å². The van der Waals surface area contributed by atoms with Crippen molar-refractivity contribution in [1.82, 2.24) is 9.55 Å². The second kappa shape index (κ2) is 3.70. The van der Waals surface area contributed by atoms with Gasteiger partial charge in [0.1, 0.15) is 11.6 Å². The van der Waals surface area contributed by atoms with Crippen molar-refractivity contribution in [3.05, 3.63) is 29.8 Å². The summed E-state index contributed by atoms with van der Waals surface area (Å²) in [5, 5.41) is 0. The van der Waals surface area contributed by atoms with Crippen molar-refractivity contribution in [1.29, 1.82) is 0 Å². The van der Waals surface area contributed by atoms with E-state index in [0.717, 1.165) is 17.9 Å². The number of fused-ring (bicyclic) bond motifs is 1. The van der Waals surface area contributed by atoms with E-state index in [0.29, 0.717) is 16.8 Å². The zero-order valence-corrected chi connectivity index (χ0v) is 10.5. The first-order valence-electron chi connectivity index (χ1n) is 5.82. The van der Waals surface area contributed by atoms with E-state index in [-0.39, 0.29) is 5.82 Å². The minimum atomic E-state index is -0.249. The van der Waals surface area contributed by atoms with Gasteiger partial charge in [-0.3, -0.25) is 0 Å². The van der Waals surface area contributed by atoms with Crippen LogP contribution in [0.3, 0.4) is 0 Å². The van der Waals surface area contributed by atoms with Gasteiger partial charge in [0.05, 0.1) is 16.9 Å². The summed E-state index contributed by atoms with van der Waals surface area (Å²) in [5.74, 6) is 0.952. The smallest absolute Gasteiger partial charge is 0.125 e. The maximum atomic E-state index is 13.1. The van der Waals surface area contributed by atoms with E-state index in [1.54, 1.807) is 6.07 Å². The zero-order valence-electron chi connectivity index (χ0n) is 9.71. The third kappa shape index (κ3) is 1.93. The van der Waals surface area contributed by atoms with Crippen molar-refractivity contribution >= 4 is 22.6 Å². The van der Waals surface area contributed by atoms with Crippen molar-refractivity contribution in [3.63, 3.8) is 0 Å². The molecule has 0 saturated heterocycles. The quantitative estimate of drug-likeness (QED) is 0.762. The standard InChI is InChI=1S/C13H14ClFN2/c1-13(4-5-13)8-17-11-3-2-9(15)6-10(11)16-12(17)7-14/h2-3,6H,4-5,7-8H2,1H3. The van der Waals surface area contributed by atoms with Crippen LogP contribution in [0.25, 0.3) is 11.0 Å². The third-order valence-electron chi connectivity index (χ3n) is 3.55. The Kier molecular flexibility index (Phi) is 2.40. The number of rotatable bonds is 3. The third-order valence-corrected chi connectivity index (χ3v) is 3.79. The van der Waals surface area contributed by atoms with Gasteiger partial charge in [-0.2, -0.15) is 0 Å². The maximum Gasteiger partial charge on any atom is 0.125 e. The number of aromatic nitrogens is 2. The average molecular weight is 253 g/mol. The molecule has 0 bridgehead atoms. The van der Waals surface area contributed by atoms with Crippen molar-refractivity contribution in [2.75, 3.05) is 0 Å². The largest absolute Gasteiger partial charge is 0.326 e. The normalized spacial score (nSPS) is 17.6. The Bertz CT molecular complexity index is 572. The van der Waals surface area contributed by atoms with Crippen LogP contribution in [0.4, 0.5) is 4.39 Å². The van der Waals surface area contributed by atoms with E-state index in [2.05, 4.69) is 16.5 Å². The van der Waals surface area contributed by atoms with Crippen LogP contribution in [0.1, 0.15) is 25.6 Å². The lowest BCUT2D eigenvalue weighted by atomic mass is 10.1. The van der Waals surface area contributed by atoms with Gasteiger partial charge in [0.25, 0.3) is 0 Å². The molecule has 1 aromatic heterocycles. The summed E-state index contributed by atoms with van der Waals surface area (Å²) in [5.41, 5.74) is 2.06. The van der Waals surface area contributed by atoms with E-state index >= 15 is 0 Å². The summed E-state index contributed by atoms with van der Waals surface area (Å²) >= 11 is 5.92. The molecule has 3 rings (SSSR count). The van der Waals surface area contributed by atoms with E-state index in [9.17, 15) is 4.39 Å². The Balaban J connectivity index is 2.12. The lowest BCUT2D eigenvalue weighted by Gasteiger charge is -2.12. The molecule has 1 heterocycles. The second-order valence-corrected chi connectivity index (χ2v) is 5.46. The van der Waals surface area contributed by atoms with E-state index in [1.165, 1.54) is 25.0 Å². The summed E-state index contributed by atoms with van der Waals surface area (Å²) in [4.78, 5) is 4.39. The molecule has 2 nitrogen and oxygen atoms in total. The molecule has 0 atom stereocenters. The molecule has 0 unspecified atom stereocenters. The number of imidazole rings is 1. The Hall–Kier alpha value is -1.09. The molecule has 1 fully saturated rings. The fraction of sp³-hybridized carbons (Fsp3) is 0.462. The Morgan fingerprint density at radius 2 is 2.24 bits per heavy atom. The molecule has 0 N–H and O–H groups in total. The maximum absolute atomic E-state index is 13.1. The van der Waals surface area contributed by atoms with Crippen LogP contribution in [0.15, 0.2) is 18.2 Å². The molecular formula is C13H14ClFN2. The first-order chi connectivity index (χ1) is 8.11. The molecule has 1 aromatic carbocycles. The predicted octanol–water partition coefficient (Wildman–Crippen LogP) is 3.71. The fourth-order valence-corrected chi connectivity index (χ4v) is 2.39. The van der Waals surface area contributed by atoms with Crippen molar-refractivity contribution in [2.24, 2.45) is 5.41 Å². The number of halogens is 2. The van der Waals surface area contributed by atoms with Crippen LogP contribution in [-0.2, 0) is 12.4 Å². The number of hydrogen-bond acceptors (Lipinski definition) is 1. The van der Waals surface area contributed by atoms with Gasteiger partial charge in [0, 0.05) is 12.6 Å². The highest BCUT2D eigenvalue weighted by Crippen LogP contribution is 2.47. The van der Waals surface area contributed by atoms with Gasteiger partial charge in [-0.1, -0.05) is 6.92 Å². The van der Waals surface area contributed by atoms with Gasteiger partial charge in [0.2, 0.25) is 0 Å². The molecular weight excluding hydrogens is 239 g/mol. The van der Waals surface area contributed by atoms with Gasteiger partial charge in [-0.15, -0.1) is 11.6 Å². The minimum absolute atomic E-state index is 0.249. The first kappa shape index (κ1) is 11.0. The van der Waals surface area contributed by atoms with Crippen LogP contribution in [0, 0.1) is 11.2 Å². The Morgan fingerprint density at radius 1 is 1.47 bits per heavy atom. The first-order valence-corrected chi connectivity index (χ1v) is 6.35. The number of hydrogen-bond donors (Lipinski definition) is 0. The number of benzene rings is 1. The molecule has 1 saturated carbocycles. The van der Waals surface area contributed by atoms with Gasteiger partial charge >= 0.3 is 0 Å². The molecule has 0 radical (unpaired) electrons. The second-order valence-electron chi connectivity index (χ2n) is 5.19. The van der Waals surface area contributed by atoms with Gasteiger partial charge < -0.3 is 4.57 Å². The Labute approximate surface area is 104 Å². The molecule has 0 spiro atoms. The van der Waals surface area contributed by atoms with Crippen molar-refractivity contribution in [3.8, 4) is 0 Å². The van der Waals surface area contributed by atoms with Crippen molar-refractivity contribution in [2.45, 2.75) is 32.2 Å². The highest BCUT2D eigenvalue weighted by Gasteiger charge is 2.38. The van der Waals surface area contributed by atoms with Crippen LogP contribution >= 0.6 is 11.6 Å². The molecule has 0 amide bonds.